The number of para-hydroxylation sites is 1. The van der Waals surface area contributed by atoms with Gasteiger partial charge in [-0.2, -0.15) is 0 Å². The summed E-state index contributed by atoms with van der Waals surface area (Å²) in [5.41, 5.74) is 0.144. The van der Waals surface area contributed by atoms with Crippen molar-refractivity contribution >= 4 is 11.4 Å². The summed E-state index contributed by atoms with van der Waals surface area (Å²) in [4.78, 5) is 10.9. The molecule has 0 bridgehead atoms. The third-order valence-corrected chi connectivity index (χ3v) is 3.79. The third kappa shape index (κ3) is 2.70. The summed E-state index contributed by atoms with van der Waals surface area (Å²) in [7, 11) is 0. The average molecular weight is 280 g/mol. The van der Waals surface area contributed by atoms with Crippen LogP contribution in [0.4, 0.5) is 11.4 Å². The highest BCUT2D eigenvalue weighted by Gasteiger charge is 2.38. The van der Waals surface area contributed by atoms with Crippen LogP contribution in [0.2, 0.25) is 0 Å². The fourth-order valence-corrected chi connectivity index (χ4v) is 2.39. The van der Waals surface area contributed by atoms with Gasteiger partial charge in [0.15, 0.2) is 5.75 Å². The molecular formula is C14H20N2O4. The first-order valence-corrected chi connectivity index (χ1v) is 6.78. The van der Waals surface area contributed by atoms with Gasteiger partial charge in [-0.05, 0) is 39.3 Å². The first-order valence-electron chi connectivity index (χ1n) is 6.78. The Kier molecular flexibility index (Phi) is 4.13. The molecular weight excluding hydrogens is 260 g/mol. The second-order valence-corrected chi connectivity index (χ2v) is 5.15. The number of rotatable bonds is 5. The highest BCUT2D eigenvalue weighted by Crippen LogP contribution is 2.38. The summed E-state index contributed by atoms with van der Waals surface area (Å²) in [6.07, 6.45) is 0.808. The van der Waals surface area contributed by atoms with Gasteiger partial charge in [0.1, 0.15) is 5.69 Å². The molecule has 0 spiro atoms. The van der Waals surface area contributed by atoms with Gasteiger partial charge in [0.25, 0.3) is 0 Å². The van der Waals surface area contributed by atoms with Gasteiger partial charge in [-0.1, -0.05) is 6.07 Å². The molecule has 110 valence electrons. The Morgan fingerprint density at radius 1 is 1.60 bits per heavy atom. The number of nitrogens with zero attached hydrogens (tertiary/aromatic N) is 1. The molecule has 1 heterocycles. The van der Waals surface area contributed by atoms with E-state index in [9.17, 15) is 10.1 Å². The molecule has 0 aliphatic carbocycles. The van der Waals surface area contributed by atoms with Gasteiger partial charge in [-0.25, -0.2) is 0 Å². The number of anilines is 1. The van der Waals surface area contributed by atoms with Crippen LogP contribution >= 0.6 is 0 Å². The lowest BCUT2D eigenvalue weighted by Gasteiger charge is -2.30. The van der Waals surface area contributed by atoms with Crippen molar-refractivity contribution in [2.45, 2.75) is 38.8 Å². The van der Waals surface area contributed by atoms with E-state index in [4.69, 9.17) is 9.47 Å². The molecule has 6 heteroatoms. The van der Waals surface area contributed by atoms with Gasteiger partial charge in [0, 0.05) is 6.61 Å². The van der Waals surface area contributed by atoms with Crippen LogP contribution in [0.1, 0.15) is 27.2 Å². The number of ether oxygens (including phenoxy) is 2. The van der Waals surface area contributed by atoms with E-state index in [-0.39, 0.29) is 23.1 Å². The van der Waals surface area contributed by atoms with Gasteiger partial charge < -0.3 is 14.8 Å². The van der Waals surface area contributed by atoms with Gasteiger partial charge >= 0.3 is 5.69 Å². The van der Waals surface area contributed by atoms with Crippen molar-refractivity contribution in [2.75, 3.05) is 18.5 Å². The van der Waals surface area contributed by atoms with Crippen LogP contribution in [0.15, 0.2) is 18.2 Å². The van der Waals surface area contributed by atoms with Crippen LogP contribution in [-0.2, 0) is 4.74 Å². The monoisotopic (exact) mass is 280 g/mol. The van der Waals surface area contributed by atoms with Crippen LogP contribution < -0.4 is 10.1 Å². The van der Waals surface area contributed by atoms with E-state index in [0.717, 1.165) is 6.42 Å². The quantitative estimate of drug-likeness (QED) is 0.663. The smallest absolute Gasteiger partial charge is 0.333 e. The highest BCUT2D eigenvalue weighted by atomic mass is 16.6. The normalized spacial score (nSPS) is 25.4. The molecule has 0 radical (unpaired) electrons. The zero-order valence-electron chi connectivity index (χ0n) is 12.0. The molecule has 6 nitrogen and oxygen atoms in total. The van der Waals surface area contributed by atoms with E-state index in [1.165, 1.54) is 0 Å². The standard InChI is InChI=1S/C14H20N2O4/c1-4-19-12-7-5-6-11(13(12)16(17)18)15-14(3)8-9-20-10(14)2/h5-7,10,15H,4,8-9H2,1-3H3. The fraction of sp³-hybridized carbons (Fsp3) is 0.571. The summed E-state index contributed by atoms with van der Waals surface area (Å²) in [5.74, 6) is 0.290. The van der Waals surface area contributed by atoms with Crippen molar-refractivity contribution in [3.8, 4) is 5.75 Å². The number of nitro benzene ring substituents is 1. The molecule has 0 saturated carbocycles. The van der Waals surface area contributed by atoms with Crippen LogP contribution in [-0.4, -0.2) is 29.8 Å². The summed E-state index contributed by atoms with van der Waals surface area (Å²) >= 11 is 0. The Morgan fingerprint density at radius 2 is 2.35 bits per heavy atom. The summed E-state index contributed by atoms with van der Waals surface area (Å²) < 4.78 is 10.9. The van der Waals surface area contributed by atoms with Gasteiger partial charge in [0.05, 0.1) is 23.2 Å². The molecule has 1 saturated heterocycles. The second-order valence-electron chi connectivity index (χ2n) is 5.15. The predicted molar refractivity (Wildman–Crippen MR) is 76.3 cm³/mol. The largest absolute Gasteiger partial charge is 0.487 e. The predicted octanol–water partition coefficient (Wildman–Crippen LogP) is 2.97. The number of nitrogens with one attached hydrogen (secondary N) is 1. The minimum Gasteiger partial charge on any atom is -0.487 e. The summed E-state index contributed by atoms with van der Waals surface area (Å²) in [6, 6.07) is 5.07. The maximum Gasteiger partial charge on any atom is 0.333 e. The molecule has 2 unspecified atom stereocenters. The molecule has 1 aliphatic heterocycles. The van der Waals surface area contributed by atoms with Gasteiger partial charge in [-0.3, -0.25) is 10.1 Å². The second kappa shape index (κ2) is 5.66. The average Bonchev–Trinajstić information content (AvgIpc) is 2.69. The van der Waals surface area contributed by atoms with E-state index < -0.39 is 4.92 Å². The molecule has 20 heavy (non-hydrogen) atoms. The number of nitro groups is 1. The first kappa shape index (κ1) is 14.6. The lowest BCUT2D eigenvalue weighted by atomic mass is 9.94. The van der Waals surface area contributed by atoms with Crippen molar-refractivity contribution in [2.24, 2.45) is 0 Å². The molecule has 2 rings (SSSR count). The molecule has 1 N–H and O–H groups in total. The van der Waals surface area contributed by atoms with Gasteiger partial charge in [0.2, 0.25) is 0 Å². The van der Waals surface area contributed by atoms with E-state index in [0.29, 0.717) is 18.9 Å². The highest BCUT2D eigenvalue weighted by molar-refractivity contribution is 5.69. The van der Waals surface area contributed by atoms with Crippen LogP contribution in [0.5, 0.6) is 5.75 Å². The lowest BCUT2D eigenvalue weighted by Crippen LogP contribution is -2.41. The Balaban J connectivity index is 2.36. The molecule has 1 fully saturated rings. The third-order valence-electron chi connectivity index (χ3n) is 3.79. The van der Waals surface area contributed by atoms with Crippen LogP contribution in [0, 0.1) is 10.1 Å². The molecule has 2 atom stereocenters. The Labute approximate surface area is 118 Å². The van der Waals surface area contributed by atoms with E-state index in [2.05, 4.69) is 5.32 Å². The zero-order chi connectivity index (χ0) is 14.8. The molecule has 0 aromatic heterocycles. The maximum atomic E-state index is 11.3. The minimum atomic E-state index is -0.406. The van der Waals surface area contributed by atoms with E-state index in [1.807, 2.05) is 13.8 Å². The number of hydrogen-bond donors (Lipinski definition) is 1. The van der Waals surface area contributed by atoms with Crippen molar-refractivity contribution in [1.29, 1.82) is 0 Å². The molecule has 0 amide bonds. The van der Waals surface area contributed by atoms with Crippen molar-refractivity contribution in [3.63, 3.8) is 0 Å². The topological polar surface area (TPSA) is 73.6 Å². The first-order chi connectivity index (χ1) is 9.48. The Morgan fingerprint density at radius 3 is 2.90 bits per heavy atom. The van der Waals surface area contributed by atoms with E-state index in [1.54, 1.807) is 25.1 Å². The van der Waals surface area contributed by atoms with Crippen LogP contribution in [0.3, 0.4) is 0 Å². The maximum absolute atomic E-state index is 11.3. The molecule has 1 aromatic carbocycles. The van der Waals surface area contributed by atoms with Gasteiger partial charge in [-0.15, -0.1) is 0 Å². The Bertz CT molecular complexity index is 506. The van der Waals surface area contributed by atoms with Crippen LogP contribution in [0.25, 0.3) is 0 Å². The zero-order valence-corrected chi connectivity index (χ0v) is 12.0. The summed E-state index contributed by atoms with van der Waals surface area (Å²) in [5, 5.41) is 14.6. The minimum absolute atomic E-state index is 0.00199. The van der Waals surface area contributed by atoms with Crippen molar-refractivity contribution in [1.82, 2.24) is 0 Å². The molecule has 1 aromatic rings. The van der Waals surface area contributed by atoms with Crippen molar-refractivity contribution in [3.05, 3.63) is 28.3 Å². The lowest BCUT2D eigenvalue weighted by molar-refractivity contribution is -0.385. The Hall–Kier alpha value is -1.82. The summed E-state index contributed by atoms with van der Waals surface area (Å²) in [6.45, 7) is 6.84. The van der Waals surface area contributed by atoms with Crippen molar-refractivity contribution < 1.29 is 14.4 Å². The van der Waals surface area contributed by atoms with E-state index >= 15 is 0 Å². The number of benzene rings is 1. The number of hydrogen-bond acceptors (Lipinski definition) is 5. The molecule has 1 aliphatic rings. The fourth-order valence-electron chi connectivity index (χ4n) is 2.39. The SMILES string of the molecule is CCOc1cccc(NC2(C)CCOC2C)c1[N+](=O)[O-].